The van der Waals surface area contributed by atoms with Crippen LogP contribution in [0.1, 0.15) is 22.8 Å². The Bertz CT molecular complexity index is 671. The molecule has 2 aromatic rings. The predicted molar refractivity (Wildman–Crippen MR) is 88.3 cm³/mol. The maximum Gasteiger partial charge on any atom is 0.251 e. The number of nitrogens with one attached hydrogen (secondary N) is 2. The van der Waals surface area contributed by atoms with E-state index in [-0.39, 0.29) is 5.91 Å². The van der Waals surface area contributed by atoms with Gasteiger partial charge in [-0.05, 0) is 49.7 Å². The summed E-state index contributed by atoms with van der Waals surface area (Å²) in [5.41, 5.74) is 9.61. The van der Waals surface area contributed by atoms with Crippen LogP contribution in [0.15, 0.2) is 36.4 Å². The summed E-state index contributed by atoms with van der Waals surface area (Å²) in [4.78, 5) is 11.7. The molecule has 0 saturated carbocycles. The lowest BCUT2D eigenvalue weighted by Gasteiger charge is -2.12. The van der Waals surface area contributed by atoms with Gasteiger partial charge in [-0.3, -0.25) is 4.79 Å². The van der Waals surface area contributed by atoms with Crippen LogP contribution < -0.4 is 16.4 Å². The molecular formula is C16H18ClN3O. The average molecular weight is 304 g/mol. The van der Waals surface area contributed by atoms with Crippen molar-refractivity contribution in [3.8, 4) is 0 Å². The Kier molecular flexibility index (Phi) is 4.70. The molecule has 21 heavy (non-hydrogen) atoms. The van der Waals surface area contributed by atoms with Crippen molar-refractivity contribution in [2.75, 3.05) is 17.6 Å². The van der Waals surface area contributed by atoms with Crippen LogP contribution in [0, 0.1) is 6.92 Å². The van der Waals surface area contributed by atoms with Gasteiger partial charge in [-0.15, -0.1) is 0 Å². The third kappa shape index (κ3) is 3.67. The summed E-state index contributed by atoms with van der Waals surface area (Å²) in [6, 6.07) is 10.9. The molecule has 2 rings (SSSR count). The summed E-state index contributed by atoms with van der Waals surface area (Å²) in [5, 5.41) is 6.54. The molecule has 2 aromatic carbocycles. The third-order valence-corrected chi connectivity index (χ3v) is 3.36. The van der Waals surface area contributed by atoms with Crippen molar-refractivity contribution in [3.63, 3.8) is 0 Å². The van der Waals surface area contributed by atoms with Crippen molar-refractivity contribution in [3.05, 3.63) is 52.5 Å². The van der Waals surface area contributed by atoms with Crippen molar-refractivity contribution in [2.24, 2.45) is 0 Å². The van der Waals surface area contributed by atoms with Crippen molar-refractivity contribution in [1.29, 1.82) is 0 Å². The van der Waals surface area contributed by atoms with E-state index in [9.17, 15) is 4.79 Å². The first kappa shape index (κ1) is 15.2. The number of nitrogens with two attached hydrogens (primary N) is 1. The molecule has 4 nitrogen and oxygen atoms in total. The number of hydrogen-bond acceptors (Lipinski definition) is 3. The van der Waals surface area contributed by atoms with Gasteiger partial charge in [0.15, 0.2) is 0 Å². The van der Waals surface area contributed by atoms with Gasteiger partial charge in [0.2, 0.25) is 0 Å². The second-order valence-electron chi connectivity index (χ2n) is 4.77. The summed E-state index contributed by atoms with van der Waals surface area (Å²) in [5.74, 6) is -0.135. The molecule has 0 aliphatic rings. The van der Waals surface area contributed by atoms with Crippen molar-refractivity contribution in [1.82, 2.24) is 5.32 Å². The molecule has 0 saturated heterocycles. The maximum absolute atomic E-state index is 11.7. The van der Waals surface area contributed by atoms with Crippen LogP contribution in [-0.4, -0.2) is 12.5 Å². The van der Waals surface area contributed by atoms with E-state index < -0.39 is 0 Å². The summed E-state index contributed by atoms with van der Waals surface area (Å²) in [6.07, 6.45) is 0. The van der Waals surface area contributed by atoms with Crippen molar-refractivity contribution < 1.29 is 4.79 Å². The van der Waals surface area contributed by atoms with Crippen LogP contribution in [0.25, 0.3) is 0 Å². The highest BCUT2D eigenvalue weighted by molar-refractivity contribution is 6.33. The molecule has 0 aliphatic heterocycles. The highest BCUT2D eigenvalue weighted by atomic mass is 35.5. The van der Waals surface area contributed by atoms with E-state index in [0.29, 0.717) is 28.5 Å². The van der Waals surface area contributed by atoms with Gasteiger partial charge < -0.3 is 16.4 Å². The number of benzene rings is 2. The van der Waals surface area contributed by atoms with E-state index in [0.717, 1.165) is 11.3 Å². The number of nitrogen functional groups attached to an aromatic ring is 1. The summed E-state index contributed by atoms with van der Waals surface area (Å²) in [6.45, 7) is 4.43. The fourth-order valence-electron chi connectivity index (χ4n) is 1.95. The van der Waals surface area contributed by atoms with Crippen LogP contribution in [-0.2, 0) is 0 Å². The maximum atomic E-state index is 11.7. The van der Waals surface area contributed by atoms with Gasteiger partial charge >= 0.3 is 0 Å². The molecule has 0 fully saturated rings. The molecule has 4 N–H and O–H groups in total. The molecule has 0 unspecified atom stereocenters. The zero-order valence-corrected chi connectivity index (χ0v) is 12.8. The van der Waals surface area contributed by atoms with Gasteiger partial charge in [-0.25, -0.2) is 0 Å². The lowest BCUT2D eigenvalue weighted by Crippen LogP contribution is -2.22. The Balaban J connectivity index is 2.23. The quantitative estimate of drug-likeness (QED) is 0.754. The lowest BCUT2D eigenvalue weighted by atomic mass is 10.1. The zero-order valence-electron chi connectivity index (χ0n) is 12.0. The fourth-order valence-corrected chi connectivity index (χ4v) is 2.23. The average Bonchev–Trinajstić information content (AvgIpc) is 2.44. The monoisotopic (exact) mass is 303 g/mol. The number of carbonyl (C=O) groups excluding carboxylic acids is 1. The molecule has 0 aliphatic carbocycles. The Morgan fingerprint density at radius 3 is 2.52 bits per heavy atom. The van der Waals surface area contributed by atoms with E-state index in [4.69, 9.17) is 17.3 Å². The number of amides is 1. The van der Waals surface area contributed by atoms with Crippen LogP contribution in [0.5, 0.6) is 0 Å². The standard InChI is InChI=1S/C16H18ClN3O/c1-3-19-16(21)11-5-7-15(13(18)9-11)20-14-6-4-10(2)8-12(14)17/h4-9,20H,3,18H2,1-2H3,(H,19,21). The number of carbonyl (C=O) groups is 1. The summed E-state index contributed by atoms with van der Waals surface area (Å²) < 4.78 is 0. The minimum Gasteiger partial charge on any atom is -0.397 e. The van der Waals surface area contributed by atoms with E-state index in [2.05, 4.69) is 10.6 Å². The summed E-state index contributed by atoms with van der Waals surface area (Å²) >= 11 is 6.19. The van der Waals surface area contributed by atoms with E-state index in [1.165, 1.54) is 0 Å². The van der Waals surface area contributed by atoms with Gasteiger partial charge in [-0.1, -0.05) is 17.7 Å². The molecule has 0 bridgehead atoms. The molecule has 5 heteroatoms. The Labute approximate surface area is 129 Å². The second kappa shape index (κ2) is 6.50. The van der Waals surface area contributed by atoms with Crippen molar-refractivity contribution in [2.45, 2.75) is 13.8 Å². The normalized spacial score (nSPS) is 10.2. The Morgan fingerprint density at radius 2 is 1.90 bits per heavy atom. The Morgan fingerprint density at radius 1 is 1.19 bits per heavy atom. The number of aryl methyl sites for hydroxylation is 1. The first-order valence-corrected chi connectivity index (χ1v) is 7.10. The third-order valence-electron chi connectivity index (χ3n) is 3.05. The number of halogens is 1. The van der Waals surface area contributed by atoms with Crippen molar-refractivity contribution >= 4 is 34.6 Å². The zero-order chi connectivity index (χ0) is 15.4. The molecule has 110 valence electrons. The number of hydrogen-bond donors (Lipinski definition) is 3. The highest BCUT2D eigenvalue weighted by Crippen LogP contribution is 2.29. The van der Waals surface area contributed by atoms with E-state index >= 15 is 0 Å². The molecule has 0 atom stereocenters. The lowest BCUT2D eigenvalue weighted by molar-refractivity contribution is 0.0956. The summed E-state index contributed by atoms with van der Waals surface area (Å²) in [7, 11) is 0. The van der Waals surface area contributed by atoms with Gasteiger partial charge in [-0.2, -0.15) is 0 Å². The van der Waals surface area contributed by atoms with Crippen LogP contribution in [0.2, 0.25) is 5.02 Å². The minimum atomic E-state index is -0.135. The number of anilines is 3. The van der Waals surface area contributed by atoms with Gasteiger partial charge in [0.1, 0.15) is 0 Å². The van der Waals surface area contributed by atoms with Gasteiger partial charge in [0.25, 0.3) is 5.91 Å². The fraction of sp³-hybridized carbons (Fsp3) is 0.188. The van der Waals surface area contributed by atoms with E-state index in [1.54, 1.807) is 18.2 Å². The molecule has 0 heterocycles. The topological polar surface area (TPSA) is 67.2 Å². The first-order valence-electron chi connectivity index (χ1n) is 6.72. The van der Waals surface area contributed by atoms with Crippen LogP contribution in [0.4, 0.5) is 17.1 Å². The van der Waals surface area contributed by atoms with Crippen LogP contribution >= 0.6 is 11.6 Å². The number of rotatable bonds is 4. The predicted octanol–water partition coefficient (Wildman–Crippen LogP) is 3.72. The molecule has 0 aromatic heterocycles. The SMILES string of the molecule is CCNC(=O)c1ccc(Nc2ccc(C)cc2Cl)c(N)c1. The van der Waals surface area contributed by atoms with Gasteiger partial charge in [0, 0.05) is 12.1 Å². The smallest absolute Gasteiger partial charge is 0.251 e. The molecule has 0 spiro atoms. The molecule has 0 radical (unpaired) electrons. The largest absolute Gasteiger partial charge is 0.397 e. The Hall–Kier alpha value is -2.20. The second-order valence-corrected chi connectivity index (χ2v) is 5.18. The van der Waals surface area contributed by atoms with Gasteiger partial charge in [0.05, 0.1) is 22.1 Å². The first-order chi connectivity index (χ1) is 10.0. The van der Waals surface area contributed by atoms with E-state index in [1.807, 2.05) is 32.0 Å². The highest BCUT2D eigenvalue weighted by Gasteiger charge is 2.08. The minimum absolute atomic E-state index is 0.135. The molecular weight excluding hydrogens is 286 g/mol. The van der Waals surface area contributed by atoms with Crippen LogP contribution in [0.3, 0.4) is 0 Å². The molecule has 1 amide bonds.